The predicted molar refractivity (Wildman–Crippen MR) is 94.3 cm³/mol. The van der Waals surface area contributed by atoms with Gasteiger partial charge in [0.25, 0.3) is 0 Å². The monoisotopic (exact) mass is 364 g/mol. The van der Waals surface area contributed by atoms with Crippen LogP contribution in [0, 0.1) is 25.7 Å². The smallest absolute Gasteiger partial charge is 0.244 e. The number of sulfonamides is 1. The summed E-state index contributed by atoms with van der Waals surface area (Å²) in [6.07, 6.45) is 2.88. The summed E-state index contributed by atoms with van der Waals surface area (Å²) < 4.78 is 30.2. The zero-order valence-electron chi connectivity index (χ0n) is 14.4. The lowest BCUT2D eigenvalue weighted by Crippen LogP contribution is -2.40. The van der Waals surface area contributed by atoms with E-state index >= 15 is 0 Å². The summed E-state index contributed by atoms with van der Waals surface area (Å²) in [6, 6.07) is -0.0535. The van der Waals surface area contributed by atoms with E-state index in [1.807, 2.05) is 6.92 Å². The van der Waals surface area contributed by atoms with Gasteiger partial charge in [-0.25, -0.2) is 13.1 Å². The van der Waals surface area contributed by atoms with Crippen molar-refractivity contribution in [2.24, 2.45) is 17.6 Å². The second-order valence-corrected chi connectivity index (χ2v) is 8.38. The van der Waals surface area contributed by atoms with Crippen molar-refractivity contribution in [3.8, 4) is 0 Å². The minimum atomic E-state index is -3.55. The summed E-state index contributed by atoms with van der Waals surface area (Å²) >= 11 is 0. The molecule has 6 nitrogen and oxygen atoms in total. The van der Waals surface area contributed by atoms with E-state index in [0.717, 1.165) is 25.8 Å². The van der Waals surface area contributed by atoms with E-state index < -0.39 is 10.0 Å². The van der Waals surface area contributed by atoms with Crippen LogP contribution in [0.4, 0.5) is 0 Å². The van der Waals surface area contributed by atoms with E-state index in [-0.39, 0.29) is 24.4 Å². The average Bonchev–Trinajstić information content (AvgIpc) is 2.93. The van der Waals surface area contributed by atoms with Gasteiger partial charge in [-0.15, -0.1) is 12.4 Å². The van der Waals surface area contributed by atoms with Crippen molar-refractivity contribution in [2.45, 2.75) is 64.4 Å². The first kappa shape index (κ1) is 20.4. The molecular weight excluding hydrogens is 336 g/mol. The minimum Gasteiger partial charge on any atom is -0.330 e. The Kier molecular flexibility index (Phi) is 7.07. The van der Waals surface area contributed by atoms with Crippen molar-refractivity contribution < 1.29 is 8.42 Å². The topological polar surface area (TPSA) is 90.0 Å². The molecule has 0 spiro atoms. The van der Waals surface area contributed by atoms with Crippen molar-refractivity contribution in [3.05, 3.63) is 11.4 Å². The van der Waals surface area contributed by atoms with E-state index in [1.54, 1.807) is 11.6 Å². The van der Waals surface area contributed by atoms with Crippen LogP contribution in [-0.2, 0) is 16.6 Å². The number of aryl methyl sites for hydroxylation is 1. The van der Waals surface area contributed by atoms with Gasteiger partial charge in [0.1, 0.15) is 4.90 Å². The molecule has 1 aromatic heterocycles. The van der Waals surface area contributed by atoms with Crippen LogP contribution < -0.4 is 10.5 Å². The van der Waals surface area contributed by atoms with E-state index in [4.69, 9.17) is 5.73 Å². The average molecular weight is 365 g/mol. The molecule has 2 rings (SSSR count). The van der Waals surface area contributed by atoms with Crippen molar-refractivity contribution >= 4 is 22.4 Å². The maximum absolute atomic E-state index is 12.8. The molecule has 0 aromatic carbocycles. The van der Waals surface area contributed by atoms with Gasteiger partial charge in [-0.3, -0.25) is 4.68 Å². The highest BCUT2D eigenvalue weighted by Gasteiger charge is 2.33. The Morgan fingerprint density at radius 1 is 1.35 bits per heavy atom. The van der Waals surface area contributed by atoms with Crippen molar-refractivity contribution in [1.29, 1.82) is 0 Å². The van der Waals surface area contributed by atoms with Crippen LogP contribution in [-0.4, -0.2) is 30.8 Å². The summed E-state index contributed by atoms with van der Waals surface area (Å²) in [5, 5.41) is 4.40. The molecule has 1 aliphatic rings. The molecule has 23 heavy (non-hydrogen) atoms. The third-order valence-corrected chi connectivity index (χ3v) is 6.13. The van der Waals surface area contributed by atoms with Gasteiger partial charge in [-0.05, 0) is 45.1 Å². The molecule has 1 saturated carbocycles. The molecule has 134 valence electrons. The fourth-order valence-electron chi connectivity index (χ4n) is 3.33. The number of nitrogens with one attached hydrogen (secondary N) is 1. The molecule has 1 aliphatic carbocycles. The molecule has 0 amide bonds. The molecule has 3 N–H and O–H groups in total. The molecule has 0 radical (unpaired) electrons. The molecule has 8 heteroatoms. The Hall–Kier alpha value is -0.630. The number of aromatic nitrogens is 2. The third-order valence-electron chi connectivity index (χ3n) is 4.39. The largest absolute Gasteiger partial charge is 0.330 e. The first-order valence-corrected chi connectivity index (χ1v) is 9.51. The van der Waals surface area contributed by atoms with Gasteiger partial charge < -0.3 is 5.73 Å². The van der Waals surface area contributed by atoms with Crippen molar-refractivity contribution in [3.63, 3.8) is 0 Å². The van der Waals surface area contributed by atoms with E-state index in [2.05, 4.69) is 23.7 Å². The number of nitrogens with zero attached hydrogens (tertiary/aromatic N) is 2. The van der Waals surface area contributed by atoms with Gasteiger partial charge in [0.05, 0.1) is 11.4 Å². The van der Waals surface area contributed by atoms with Crippen LogP contribution in [0.25, 0.3) is 0 Å². The maximum Gasteiger partial charge on any atom is 0.244 e. The highest BCUT2D eigenvalue weighted by atomic mass is 35.5. The molecule has 2 unspecified atom stereocenters. The van der Waals surface area contributed by atoms with Crippen LogP contribution in [0.5, 0.6) is 0 Å². The number of rotatable bonds is 6. The fraction of sp³-hybridized carbons (Fsp3) is 0.800. The lowest BCUT2D eigenvalue weighted by atomic mass is 10.1. The quantitative estimate of drug-likeness (QED) is 0.807. The molecule has 1 aromatic rings. The van der Waals surface area contributed by atoms with Gasteiger partial charge in [0, 0.05) is 12.6 Å². The van der Waals surface area contributed by atoms with Gasteiger partial charge >= 0.3 is 0 Å². The Balaban J connectivity index is 0.00000264. The van der Waals surface area contributed by atoms with Gasteiger partial charge in [-0.2, -0.15) is 5.10 Å². The van der Waals surface area contributed by atoms with Gasteiger partial charge in [-0.1, -0.05) is 20.3 Å². The molecule has 0 saturated heterocycles. The number of hydrogen-bond acceptors (Lipinski definition) is 4. The number of hydrogen-bond donors (Lipinski definition) is 2. The summed E-state index contributed by atoms with van der Waals surface area (Å²) in [5.41, 5.74) is 7.02. The normalized spacial score (nSPS) is 21.7. The lowest BCUT2D eigenvalue weighted by molar-refractivity contribution is 0.452. The second kappa shape index (κ2) is 7.96. The standard InChI is InChI=1S/C15H28N4O2S.ClH/c1-10(2)9-19-12(4)15(11(3)17-19)22(20,21)18-14-7-5-6-13(14)8-16;/h10,13-14,18H,5-9,16H2,1-4H3;1H. The van der Waals surface area contributed by atoms with Crippen LogP contribution in [0.3, 0.4) is 0 Å². The zero-order chi connectivity index (χ0) is 16.5. The Labute approximate surface area is 145 Å². The highest BCUT2D eigenvalue weighted by Crippen LogP contribution is 2.27. The summed E-state index contributed by atoms with van der Waals surface area (Å²) in [6.45, 7) is 9.01. The predicted octanol–water partition coefficient (Wildman–Crippen LogP) is 1.98. The fourth-order valence-corrected chi connectivity index (χ4v) is 5.08. The van der Waals surface area contributed by atoms with Crippen LogP contribution >= 0.6 is 12.4 Å². The first-order chi connectivity index (χ1) is 10.3. The Bertz CT molecular complexity index is 628. The molecule has 1 fully saturated rings. The van der Waals surface area contributed by atoms with Crippen molar-refractivity contribution in [2.75, 3.05) is 6.54 Å². The second-order valence-electron chi connectivity index (χ2n) is 6.73. The summed E-state index contributed by atoms with van der Waals surface area (Å²) in [4.78, 5) is 0.329. The summed E-state index contributed by atoms with van der Waals surface area (Å²) in [5.74, 6) is 0.652. The van der Waals surface area contributed by atoms with E-state index in [1.165, 1.54) is 0 Å². The highest BCUT2D eigenvalue weighted by molar-refractivity contribution is 7.89. The van der Waals surface area contributed by atoms with Crippen LogP contribution in [0.2, 0.25) is 0 Å². The lowest BCUT2D eigenvalue weighted by Gasteiger charge is -2.19. The zero-order valence-corrected chi connectivity index (χ0v) is 16.0. The third kappa shape index (κ3) is 4.47. The van der Waals surface area contributed by atoms with Gasteiger partial charge in [0.2, 0.25) is 10.0 Å². The van der Waals surface area contributed by atoms with Gasteiger partial charge in [0.15, 0.2) is 0 Å². The molecule has 0 aliphatic heterocycles. The molecule has 0 bridgehead atoms. The molecule has 2 atom stereocenters. The minimum absolute atomic E-state index is 0. The molecule has 1 heterocycles. The molecular formula is C15H29ClN4O2S. The SMILES string of the molecule is Cc1nn(CC(C)C)c(C)c1S(=O)(=O)NC1CCCC1CN.Cl. The Morgan fingerprint density at radius 2 is 2.00 bits per heavy atom. The maximum atomic E-state index is 12.8. The van der Waals surface area contributed by atoms with E-state index in [0.29, 0.717) is 28.7 Å². The Morgan fingerprint density at radius 3 is 2.57 bits per heavy atom. The van der Waals surface area contributed by atoms with Crippen LogP contribution in [0.1, 0.15) is 44.5 Å². The van der Waals surface area contributed by atoms with Crippen molar-refractivity contribution in [1.82, 2.24) is 14.5 Å². The van der Waals surface area contributed by atoms with Crippen LogP contribution in [0.15, 0.2) is 4.90 Å². The number of nitrogens with two attached hydrogens (primary N) is 1. The number of halogens is 1. The summed E-state index contributed by atoms with van der Waals surface area (Å²) in [7, 11) is -3.55. The first-order valence-electron chi connectivity index (χ1n) is 8.02. The van der Waals surface area contributed by atoms with E-state index in [9.17, 15) is 8.42 Å².